The van der Waals surface area contributed by atoms with Gasteiger partial charge >= 0.3 is 45.9 Å². The van der Waals surface area contributed by atoms with Gasteiger partial charge in [-0.15, -0.1) is 0 Å². The molecule has 9 atom stereocenters. The molecule has 266 valence electrons. The van der Waals surface area contributed by atoms with Gasteiger partial charge in [0.25, 0.3) is 0 Å². The Bertz CT molecular complexity index is 1460. The van der Waals surface area contributed by atoms with Crippen molar-refractivity contribution < 1.29 is 90.5 Å². The average Bonchev–Trinajstić information content (AvgIpc) is 3.01. The van der Waals surface area contributed by atoms with E-state index in [1.165, 1.54) is 0 Å². The van der Waals surface area contributed by atoms with E-state index in [1.807, 2.05) is 60.7 Å². The molecular formula is C32H43N2NaO13S. The summed E-state index contributed by atoms with van der Waals surface area (Å²) in [5.74, 6) is -1.44. The molecule has 2 heterocycles. The zero-order valence-corrected chi connectivity index (χ0v) is 30.9. The number of carbonyl (C=O) groups excluding carboxylic acids is 1. The van der Waals surface area contributed by atoms with Crippen molar-refractivity contribution in [3.63, 3.8) is 0 Å². The molecule has 2 saturated heterocycles. The zero-order chi connectivity index (χ0) is 35.1. The Hall–Kier alpha value is -2.03. The summed E-state index contributed by atoms with van der Waals surface area (Å²) in [6.45, 7) is 5.69. The SMILES string of the molecule is CC([O-])=N[C@H]1[C@@H](O[C@H]2[C@H](OCc3ccccc3)[C@@H](OCc3ccccc3)CN[C@H]2C(=O)OC(C)(C)C)O[C@H](COS(=O)(=O)O)[C@@H](O)[C@@H]1O.[Na+]. The maximum atomic E-state index is 13.6. The summed E-state index contributed by atoms with van der Waals surface area (Å²) in [6, 6.07) is 15.9. The van der Waals surface area contributed by atoms with Crippen LogP contribution in [0, 0.1) is 0 Å². The second-order valence-corrected chi connectivity index (χ2v) is 13.6. The fraction of sp³-hybridized carbons (Fsp3) is 0.562. The number of esters is 1. The summed E-state index contributed by atoms with van der Waals surface area (Å²) in [4.78, 5) is 17.5. The second-order valence-electron chi connectivity index (χ2n) is 12.5. The van der Waals surface area contributed by atoms with Crippen molar-refractivity contribution in [2.45, 2.75) is 102 Å². The predicted octanol–water partition coefficient (Wildman–Crippen LogP) is -2.73. The number of aliphatic hydroxyl groups is 2. The van der Waals surface area contributed by atoms with E-state index in [0.29, 0.717) is 0 Å². The van der Waals surface area contributed by atoms with Crippen LogP contribution in [0.25, 0.3) is 0 Å². The molecule has 2 aromatic carbocycles. The van der Waals surface area contributed by atoms with E-state index < -0.39 is 89.5 Å². The average molecular weight is 719 g/mol. The van der Waals surface area contributed by atoms with Gasteiger partial charge < -0.3 is 39.0 Å². The minimum absolute atomic E-state index is 0. The number of benzene rings is 2. The van der Waals surface area contributed by atoms with Crippen molar-refractivity contribution in [2.24, 2.45) is 4.99 Å². The van der Waals surface area contributed by atoms with Crippen LogP contribution in [0.1, 0.15) is 38.8 Å². The van der Waals surface area contributed by atoms with Crippen molar-refractivity contribution >= 4 is 22.3 Å². The van der Waals surface area contributed by atoms with E-state index in [2.05, 4.69) is 14.5 Å². The van der Waals surface area contributed by atoms with Crippen LogP contribution < -0.4 is 40.0 Å². The Morgan fingerprint density at radius 3 is 2.08 bits per heavy atom. The summed E-state index contributed by atoms with van der Waals surface area (Å²) >= 11 is 0. The number of nitrogens with one attached hydrogen (secondary N) is 1. The van der Waals surface area contributed by atoms with E-state index in [0.717, 1.165) is 18.1 Å². The fourth-order valence-electron chi connectivity index (χ4n) is 5.34. The van der Waals surface area contributed by atoms with Crippen molar-refractivity contribution in [2.75, 3.05) is 13.2 Å². The molecule has 49 heavy (non-hydrogen) atoms. The van der Waals surface area contributed by atoms with Crippen molar-refractivity contribution in [1.82, 2.24) is 5.32 Å². The molecular weight excluding hydrogens is 675 g/mol. The molecule has 2 aliphatic rings. The van der Waals surface area contributed by atoms with Gasteiger partial charge in [0.2, 0.25) is 0 Å². The van der Waals surface area contributed by atoms with E-state index in [-0.39, 0.29) is 49.3 Å². The molecule has 15 nitrogen and oxygen atoms in total. The Morgan fingerprint density at radius 1 is 0.980 bits per heavy atom. The number of hydrogen-bond acceptors (Lipinski definition) is 14. The van der Waals surface area contributed by atoms with Crippen LogP contribution in [0.4, 0.5) is 0 Å². The summed E-state index contributed by atoms with van der Waals surface area (Å²) in [7, 11) is -4.96. The standard InChI is InChI=1S/C32H44N2O13S.Na/c1-19(35)34-24-27(37)26(36)23(18-44-48(39,40)41)45-31(24)46-29-25(30(38)47-32(2,3)4)33-15-22(42-16-20-11-7-5-8-12-20)28(29)43-17-21-13-9-6-10-14-21;/h5-14,22-29,31,33,36-37H,15-18H2,1-4H3,(H,34,35)(H,39,40,41);/q;+1/p-1/t22-,23+,24+,25+,26+,27+,28+,29+,31+;/m0./s1. The van der Waals surface area contributed by atoms with Crippen molar-refractivity contribution in [3.8, 4) is 0 Å². The third kappa shape index (κ3) is 12.6. The molecule has 2 aromatic rings. The van der Waals surface area contributed by atoms with Gasteiger partial charge in [-0.25, -0.2) is 4.18 Å². The first-order valence-corrected chi connectivity index (χ1v) is 16.8. The Balaban J connectivity index is 0.00000650. The van der Waals surface area contributed by atoms with Gasteiger partial charge in [0.15, 0.2) is 6.29 Å². The van der Waals surface area contributed by atoms with Gasteiger partial charge in [0, 0.05) is 6.54 Å². The largest absolute Gasteiger partial charge is 1.00 e. The number of aliphatic hydroxyl groups excluding tert-OH is 2. The van der Waals surface area contributed by atoms with Crippen LogP contribution >= 0.6 is 0 Å². The first kappa shape index (κ1) is 41.4. The summed E-state index contributed by atoms with van der Waals surface area (Å²) in [5, 5.41) is 37.0. The normalized spacial score (nSPS) is 29.5. The van der Waals surface area contributed by atoms with Gasteiger partial charge in [-0.3, -0.25) is 19.7 Å². The number of hydrogen-bond donors (Lipinski definition) is 4. The smallest absolute Gasteiger partial charge is 0.862 e. The summed E-state index contributed by atoms with van der Waals surface area (Å²) < 4.78 is 66.7. The molecule has 2 aliphatic heterocycles. The molecule has 0 amide bonds. The van der Waals surface area contributed by atoms with Crippen LogP contribution in [-0.4, -0.2) is 109 Å². The molecule has 0 spiro atoms. The molecule has 4 rings (SSSR count). The van der Waals surface area contributed by atoms with Crippen LogP contribution in [0.5, 0.6) is 0 Å². The van der Waals surface area contributed by atoms with Crippen molar-refractivity contribution in [1.29, 1.82) is 0 Å². The Kier molecular flexibility index (Phi) is 15.6. The maximum Gasteiger partial charge on any atom is 1.00 e. The van der Waals surface area contributed by atoms with E-state index in [9.17, 15) is 28.5 Å². The monoisotopic (exact) mass is 718 g/mol. The quantitative estimate of drug-likeness (QED) is 0.0545. The van der Waals surface area contributed by atoms with Gasteiger partial charge in [0.1, 0.15) is 48.2 Å². The molecule has 0 saturated carbocycles. The number of nitrogens with zero attached hydrogens (tertiary/aromatic N) is 1. The number of carbonyl (C=O) groups is 1. The van der Waals surface area contributed by atoms with Gasteiger partial charge in [-0.05, 0) is 44.7 Å². The summed E-state index contributed by atoms with van der Waals surface area (Å²) in [6.07, 6.45) is -9.85. The molecule has 0 unspecified atom stereocenters. The topological polar surface area (TPSA) is 215 Å². The molecule has 0 bridgehead atoms. The number of rotatable bonds is 13. The van der Waals surface area contributed by atoms with Crippen LogP contribution in [0.2, 0.25) is 0 Å². The van der Waals surface area contributed by atoms with Gasteiger partial charge in [-0.1, -0.05) is 60.7 Å². The maximum absolute atomic E-state index is 13.6. The zero-order valence-electron chi connectivity index (χ0n) is 28.1. The number of aliphatic imine (C=N–C) groups is 1. The predicted molar refractivity (Wildman–Crippen MR) is 168 cm³/mol. The summed E-state index contributed by atoms with van der Waals surface area (Å²) in [5.41, 5.74) is 0.794. The molecule has 17 heteroatoms. The number of ether oxygens (including phenoxy) is 5. The van der Waals surface area contributed by atoms with E-state index >= 15 is 0 Å². The van der Waals surface area contributed by atoms with Crippen LogP contribution in [0.15, 0.2) is 65.7 Å². The van der Waals surface area contributed by atoms with Gasteiger partial charge in [-0.2, -0.15) is 8.42 Å². The molecule has 0 radical (unpaired) electrons. The first-order chi connectivity index (χ1) is 22.6. The minimum atomic E-state index is -4.96. The molecule has 0 aliphatic carbocycles. The third-order valence-corrected chi connectivity index (χ3v) is 7.92. The van der Waals surface area contributed by atoms with Gasteiger partial charge in [0.05, 0.1) is 25.9 Å². The van der Waals surface area contributed by atoms with Crippen LogP contribution in [0.3, 0.4) is 0 Å². The van der Waals surface area contributed by atoms with E-state index in [1.54, 1.807) is 20.8 Å². The molecule has 4 N–H and O–H groups in total. The van der Waals surface area contributed by atoms with E-state index in [4.69, 9.17) is 28.2 Å². The first-order valence-electron chi connectivity index (χ1n) is 15.4. The van der Waals surface area contributed by atoms with Crippen molar-refractivity contribution in [3.05, 3.63) is 71.8 Å². The third-order valence-electron chi connectivity index (χ3n) is 7.48. The number of piperidine rings is 1. The Labute approximate surface area is 308 Å². The second kappa shape index (κ2) is 18.5. The fourth-order valence-corrected chi connectivity index (χ4v) is 5.64. The molecule has 0 aromatic heterocycles. The molecule has 2 fully saturated rings. The van der Waals surface area contributed by atoms with Crippen LogP contribution in [-0.2, 0) is 56.3 Å². The minimum Gasteiger partial charge on any atom is -0.862 e. The Morgan fingerprint density at radius 2 is 1.55 bits per heavy atom.